The van der Waals surface area contributed by atoms with E-state index in [4.69, 9.17) is 11.6 Å². The SMILES string of the molecule is O=C(NC1CCCc2ccccc21)N1CCC[C@@H]1c1nccn1Cc1ccc(Cl)cc1. The lowest BCUT2D eigenvalue weighted by atomic mass is 9.88. The molecule has 0 saturated carbocycles. The minimum atomic E-state index is 0.00105. The molecule has 31 heavy (non-hydrogen) atoms. The smallest absolute Gasteiger partial charge is 0.318 e. The van der Waals surface area contributed by atoms with E-state index in [0.717, 1.165) is 55.1 Å². The first-order chi connectivity index (χ1) is 15.2. The number of nitrogens with one attached hydrogen (secondary N) is 1. The van der Waals surface area contributed by atoms with E-state index < -0.39 is 0 Å². The van der Waals surface area contributed by atoms with Gasteiger partial charge in [-0.2, -0.15) is 0 Å². The maximum Gasteiger partial charge on any atom is 0.318 e. The lowest BCUT2D eigenvalue weighted by Crippen LogP contribution is -2.42. The first-order valence-corrected chi connectivity index (χ1v) is 11.5. The van der Waals surface area contributed by atoms with Gasteiger partial charge in [0.15, 0.2) is 0 Å². The molecule has 1 N–H and O–H groups in total. The summed E-state index contributed by atoms with van der Waals surface area (Å²) in [5, 5.41) is 4.05. The molecular formula is C25H27ClN4O. The predicted octanol–water partition coefficient (Wildman–Crippen LogP) is 5.51. The van der Waals surface area contributed by atoms with E-state index in [1.807, 2.05) is 41.6 Å². The number of aromatic nitrogens is 2. The molecule has 5 rings (SSSR count). The van der Waals surface area contributed by atoms with Crippen LogP contribution in [0, 0.1) is 0 Å². The maximum absolute atomic E-state index is 13.3. The summed E-state index contributed by atoms with van der Waals surface area (Å²) >= 11 is 6.02. The number of urea groups is 1. The van der Waals surface area contributed by atoms with Gasteiger partial charge in [-0.15, -0.1) is 0 Å². The molecule has 0 spiro atoms. The molecule has 2 amide bonds. The Morgan fingerprint density at radius 3 is 2.81 bits per heavy atom. The van der Waals surface area contributed by atoms with Gasteiger partial charge in [-0.25, -0.2) is 9.78 Å². The molecule has 1 aliphatic heterocycles. The Morgan fingerprint density at radius 1 is 1.10 bits per heavy atom. The number of halogens is 1. The van der Waals surface area contributed by atoms with Crippen molar-refractivity contribution in [3.8, 4) is 0 Å². The van der Waals surface area contributed by atoms with Gasteiger partial charge >= 0.3 is 6.03 Å². The zero-order valence-electron chi connectivity index (χ0n) is 17.5. The fourth-order valence-corrected chi connectivity index (χ4v) is 5.08. The number of nitrogens with zero attached hydrogens (tertiary/aromatic N) is 3. The Balaban J connectivity index is 1.32. The zero-order chi connectivity index (χ0) is 21.2. The summed E-state index contributed by atoms with van der Waals surface area (Å²) in [6.45, 7) is 1.48. The van der Waals surface area contributed by atoms with Gasteiger partial charge in [-0.3, -0.25) is 0 Å². The van der Waals surface area contributed by atoms with Crippen molar-refractivity contribution in [1.29, 1.82) is 0 Å². The van der Waals surface area contributed by atoms with Crippen LogP contribution in [-0.4, -0.2) is 27.0 Å². The van der Waals surface area contributed by atoms with E-state index in [-0.39, 0.29) is 18.1 Å². The molecule has 1 aliphatic carbocycles. The summed E-state index contributed by atoms with van der Waals surface area (Å²) < 4.78 is 2.15. The molecule has 2 aliphatic rings. The summed E-state index contributed by atoms with van der Waals surface area (Å²) in [5.41, 5.74) is 3.79. The molecule has 1 saturated heterocycles. The van der Waals surface area contributed by atoms with Crippen LogP contribution < -0.4 is 5.32 Å². The fraction of sp³-hybridized carbons (Fsp3) is 0.360. The van der Waals surface area contributed by atoms with Crippen molar-refractivity contribution in [2.75, 3.05) is 6.54 Å². The highest BCUT2D eigenvalue weighted by atomic mass is 35.5. The molecule has 2 heterocycles. The van der Waals surface area contributed by atoms with E-state index in [1.165, 1.54) is 11.1 Å². The second kappa shape index (κ2) is 8.75. The number of carbonyl (C=O) groups is 1. The molecule has 160 valence electrons. The minimum Gasteiger partial charge on any atom is -0.331 e. The highest BCUT2D eigenvalue weighted by Gasteiger charge is 2.34. The minimum absolute atomic E-state index is 0.00105. The summed E-state index contributed by atoms with van der Waals surface area (Å²) in [4.78, 5) is 19.9. The molecule has 0 bridgehead atoms. The lowest BCUT2D eigenvalue weighted by molar-refractivity contribution is 0.184. The second-order valence-electron chi connectivity index (χ2n) is 8.48. The van der Waals surface area contributed by atoms with Gasteiger partial charge in [0, 0.05) is 30.5 Å². The summed E-state index contributed by atoms with van der Waals surface area (Å²) in [5.74, 6) is 0.951. The van der Waals surface area contributed by atoms with Crippen LogP contribution in [0.5, 0.6) is 0 Å². The normalized spacial score (nSPS) is 20.5. The van der Waals surface area contributed by atoms with E-state index >= 15 is 0 Å². The third-order valence-corrected chi connectivity index (χ3v) is 6.74. The number of aryl methyl sites for hydroxylation is 1. The average Bonchev–Trinajstić information content (AvgIpc) is 3.45. The third kappa shape index (κ3) is 4.19. The van der Waals surface area contributed by atoms with Crippen LogP contribution in [0.1, 0.15) is 60.3 Å². The molecule has 2 aromatic carbocycles. The Labute approximate surface area is 188 Å². The standard InChI is InChI=1S/C25H27ClN4O/c26-20-12-10-18(11-13-20)17-29-16-14-27-24(29)23-9-4-15-30(23)25(31)28-22-8-3-6-19-5-1-2-7-21(19)22/h1-2,5,7,10-14,16,22-23H,3-4,6,8-9,15,17H2,(H,28,31)/t22?,23-/m1/s1. The number of fused-ring (bicyclic) bond motifs is 1. The summed E-state index contributed by atoms with van der Waals surface area (Å²) in [6.07, 6.45) is 8.95. The number of rotatable bonds is 4. The number of benzene rings is 2. The van der Waals surface area contributed by atoms with Gasteiger partial charge in [-0.1, -0.05) is 48.0 Å². The monoisotopic (exact) mass is 434 g/mol. The molecule has 1 aromatic heterocycles. The van der Waals surface area contributed by atoms with Crippen LogP contribution in [0.4, 0.5) is 4.79 Å². The topological polar surface area (TPSA) is 50.2 Å². The predicted molar refractivity (Wildman–Crippen MR) is 122 cm³/mol. The number of amides is 2. The Kier molecular flexibility index (Phi) is 5.68. The fourth-order valence-electron chi connectivity index (χ4n) is 4.95. The molecule has 1 fully saturated rings. The number of hydrogen-bond acceptors (Lipinski definition) is 2. The van der Waals surface area contributed by atoms with Gasteiger partial charge in [-0.05, 0) is 60.9 Å². The van der Waals surface area contributed by atoms with Gasteiger partial charge in [0.05, 0.1) is 12.1 Å². The Morgan fingerprint density at radius 2 is 1.94 bits per heavy atom. The van der Waals surface area contributed by atoms with Crippen molar-refractivity contribution in [2.45, 2.75) is 50.7 Å². The van der Waals surface area contributed by atoms with Crippen LogP contribution in [0.3, 0.4) is 0 Å². The number of carbonyl (C=O) groups excluding carboxylic acids is 1. The summed E-state index contributed by atoms with van der Waals surface area (Å²) in [6, 6.07) is 16.5. The van der Waals surface area contributed by atoms with E-state index in [2.05, 4.69) is 39.1 Å². The molecule has 6 heteroatoms. The number of imidazole rings is 1. The van der Waals surface area contributed by atoms with Gasteiger partial charge in [0.25, 0.3) is 0 Å². The second-order valence-corrected chi connectivity index (χ2v) is 8.92. The third-order valence-electron chi connectivity index (χ3n) is 6.49. The van der Waals surface area contributed by atoms with Crippen LogP contribution in [0.15, 0.2) is 60.9 Å². The van der Waals surface area contributed by atoms with Crippen molar-refractivity contribution in [2.24, 2.45) is 0 Å². The number of hydrogen-bond donors (Lipinski definition) is 1. The van der Waals surface area contributed by atoms with Crippen molar-refractivity contribution < 1.29 is 4.79 Å². The highest BCUT2D eigenvalue weighted by Crippen LogP contribution is 2.34. The van der Waals surface area contributed by atoms with Crippen LogP contribution >= 0.6 is 11.6 Å². The molecule has 3 aromatic rings. The average molecular weight is 435 g/mol. The number of likely N-dealkylation sites (tertiary alicyclic amines) is 1. The molecule has 0 radical (unpaired) electrons. The Hall–Kier alpha value is -2.79. The van der Waals surface area contributed by atoms with Gasteiger partial charge < -0.3 is 14.8 Å². The van der Waals surface area contributed by atoms with E-state index in [0.29, 0.717) is 6.54 Å². The lowest BCUT2D eigenvalue weighted by Gasteiger charge is -2.31. The van der Waals surface area contributed by atoms with Gasteiger partial charge in [0.2, 0.25) is 0 Å². The largest absolute Gasteiger partial charge is 0.331 e. The van der Waals surface area contributed by atoms with Crippen LogP contribution in [0.2, 0.25) is 5.02 Å². The van der Waals surface area contributed by atoms with Crippen LogP contribution in [0.25, 0.3) is 0 Å². The van der Waals surface area contributed by atoms with Crippen molar-refractivity contribution in [3.63, 3.8) is 0 Å². The summed E-state index contributed by atoms with van der Waals surface area (Å²) in [7, 11) is 0. The first-order valence-electron chi connectivity index (χ1n) is 11.1. The molecule has 1 unspecified atom stereocenters. The van der Waals surface area contributed by atoms with Crippen molar-refractivity contribution >= 4 is 17.6 Å². The van der Waals surface area contributed by atoms with Crippen molar-refractivity contribution in [3.05, 3.63) is 88.5 Å². The Bertz CT molecular complexity index is 1060. The van der Waals surface area contributed by atoms with Crippen LogP contribution in [-0.2, 0) is 13.0 Å². The first kappa shape index (κ1) is 20.1. The van der Waals surface area contributed by atoms with E-state index in [9.17, 15) is 4.79 Å². The quantitative estimate of drug-likeness (QED) is 0.588. The molecule has 2 atom stereocenters. The zero-order valence-corrected chi connectivity index (χ0v) is 18.3. The van der Waals surface area contributed by atoms with Crippen molar-refractivity contribution in [1.82, 2.24) is 19.8 Å². The molecular weight excluding hydrogens is 408 g/mol. The highest BCUT2D eigenvalue weighted by molar-refractivity contribution is 6.30. The van der Waals surface area contributed by atoms with E-state index in [1.54, 1.807) is 0 Å². The molecule has 5 nitrogen and oxygen atoms in total. The van der Waals surface area contributed by atoms with Gasteiger partial charge in [0.1, 0.15) is 5.82 Å². The maximum atomic E-state index is 13.3.